The molecule has 1 aromatic carbocycles. The first kappa shape index (κ1) is 17.4. The minimum atomic E-state index is -3.61. The maximum absolute atomic E-state index is 13.6. The topological polar surface area (TPSA) is 69.4 Å². The highest BCUT2D eigenvalue weighted by Gasteiger charge is 2.32. The fraction of sp³-hybridized carbons (Fsp3) is 0.538. The second-order valence-corrected chi connectivity index (χ2v) is 7.41. The van der Waals surface area contributed by atoms with Crippen LogP contribution in [0.25, 0.3) is 0 Å². The highest BCUT2D eigenvalue weighted by atomic mass is 79.9. The number of ether oxygens (including phenoxy) is 1. The summed E-state index contributed by atoms with van der Waals surface area (Å²) in [5.74, 6) is -0.562. The second kappa shape index (κ2) is 6.87. The summed E-state index contributed by atoms with van der Waals surface area (Å²) in [4.78, 5) is 0. The summed E-state index contributed by atoms with van der Waals surface area (Å²) < 4.78 is 42.5. The Morgan fingerprint density at radius 1 is 1.35 bits per heavy atom. The first-order valence-corrected chi connectivity index (χ1v) is 8.80. The predicted octanol–water partition coefficient (Wildman–Crippen LogP) is 3.06. The standard InChI is InChI=1S/C13H19BrFNO3S/c1-3-13(4-2,9-20(16,17)18)8-19-12-7-10(14)5-6-11(12)15/h5-7H,3-4,8-9H2,1-2H3,(H2,16,17,18). The van der Waals surface area contributed by atoms with Gasteiger partial charge in [0, 0.05) is 9.89 Å². The van der Waals surface area contributed by atoms with Crippen LogP contribution in [-0.4, -0.2) is 20.8 Å². The van der Waals surface area contributed by atoms with Gasteiger partial charge in [-0.1, -0.05) is 29.8 Å². The Bertz CT molecular complexity index is 559. The Hall–Kier alpha value is -0.660. The second-order valence-electron chi connectivity index (χ2n) is 4.88. The van der Waals surface area contributed by atoms with Crippen molar-refractivity contribution < 1.29 is 17.5 Å². The van der Waals surface area contributed by atoms with Gasteiger partial charge in [0.15, 0.2) is 11.6 Å². The zero-order valence-electron chi connectivity index (χ0n) is 11.5. The van der Waals surface area contributed by atoms with E-state index in [9.17, 15) is 12.8 Å². The van der Waals surface area contributed by atoms with E-state index in [1.165, 1.54) is 12.1 Å². The first-order chi connectivity index (χ1) is 9.21. The van der Waals surface area contributed by atoms with Gasteiger partial charge in [-0.15, -0.1) is 0 Å². The number of rotatable bonds is 7. The lowest BCUT2D eigenvalue weighted by molar-refractivity contribution is 0.150. The molecule has 1 rings (SSSR count). The molecule has 0 fully saturated rings. The van der Waals surface area contributed by atoms with Crippen LogP contribution in [0.1, 0.15) is 26.7 Å². The van der Waals surface area contributed by atoms with E-state index in [1.54, 1.807) is 6.07 Å². The van der Waals surface area contributed by atoms with Gasteiger partial charge >= 0.3 is 0 Å². The fourth-order valence-corrected chi connectivity index (χ4v) is 3.63. The van der Waals surface area contributed by atoms with Crippen LogP contribution in [0.2, 0.25) is 0 Å². The van der Waals surface area contributed by atoms with E-state index in [0.717, 1.165) is 0 Å². The zero-order valence-corrected chi connectivity index (χ0v) is 13.9. The van der Waals surface area contributed by atoms with Crippen molar-refractivity contribution in [2.45, 2.75) is 26.7 Å². The summed E-state index contributed by atoms with van der Waals surface area (Å²) in [5, 5.41) is 5.13. The minimum Gasteiger partial charge on any atom is -0.490 e. The molecule has 0 amide bonds. The van der Waals surface area contributed by atoms with Crippen molar-refractivity contribution in [1.29, 1.82) is 0 Å². The summed E-state index contributed by atoms with van der Waals surface area (Å²) in [6.45, 7) is 3.84. The van der Waals surface area contributed by atoms with Crippen molar-refractivity contribution >= 4 is 26.0 Å². The molecule has 0 aliphatic heterocycles. The lowest BCUT2D eigenvalue weighted by Gasteiger charge is -2.30. The van der Waals surface area contributed by atoms with Crippen molar-refractivity contribution in [2.75, 3.05) is 12.4 Å². The number of hydrogen-bond acceptors (Lipinski definition) is 3. The van der Waals surface area contributed by atoms with E-state index >= 15 is 0 Å². The average molecular weight is 368 g/mol. The van der Waals surface area contributed by atoms with Gasteiger partial charge in [-0.05, 0) is 31.0 Å². The lowest BCUT2D eigenvalue weighted by Crippen LogP contribution is -2.37. The quantitative estimate of drug-likeness (QED) is 0.804. The van der Waals surface area contributed by atoms with E-state index in [1.807, 2.05) is 13.8 Å². The van der Waals surface area contributed by atoms with Gasteiger partial charge in [0.2, 0.25) is 10.0 Å². The molecule has 0 spiro atoms. The van der Waals surface area contributed by atoms with Gasteiger partial charge in [-0.2, -0.15) is 0 Å². The smallest absolute Gasteiger partial charge is 0.209 e. The number of nitrogens with two attached hydrogens (primary N) is 1. The molecule has 20 heavy (non-hydrogen) atoms. The van der Waals surface area contributed by atoms with Crippen LogP contribution in [0, 0.1) is 11.2 Å². The van der Waals surface area contributed by atoms with Crippen LogP contribution in [0.3, 0.4) is 0 Å². The van der Waals surface area contributed by atoms with Gasteiger partial charge in [-0.3, -0.25) is 0 Å². The van der Waals surface area contributed by atoms with Crippen LogP contribution < -0.4 is 9.88 Å². The van der Waals surface area contributed by atoms with E-state index in [0.29, 0.717) is 17.3 Å². The molecule has 1 aromatic rings. The number of sulfonamides is 1. The zero-order chi connectivity index (χ0) is 15.4. The molecule has 0 radical (unpaired) electrons. The molecule has 0 saturated heterocycles. The average Bonchev–Trinajstić information content (AvgIpc) is 2.37. The molecule has 0 saturated carbocycles. The monoisotopic (exact) mass is 367 g/mol. The van der Waals surface area contributed by atoms with Crippen LogP contribution in [0.5, 0.6) is 5.75 Å². The molecule has 0 aliphatic carbocycles. The molecule has 2 N–H and O–H groups in total. The Kier molecular flexibility index (Phi) is 5.97. The van der Waals surface area contributed by atoms with E-state index < -0.39 is 21.3 Å². The minimum absolute atomic E-state index is 0.0973. The molecule has 4 nitrogen and oxygen atoms in total. The molecule has 0 atom stereocenters. The maximum atomic E-state index is 13.6. The van der Waals surface area contributed by atoms with Crippen molar-refractivity contribution in [2.24, 2.45) is 10.6 Å². The molecular formula is C13H19BrFNO3S. The third-order valence-corrected chi connectivity index (χ3v) is 4.94. The van der Waals surface area contributed by atoms with Crippen molar-refractivity contribution in [3.8, 4) is 5.75 Å². The van der Waals surface area contributed by atoms with E-state index in [-0.39, 0.29) is 18.1 Å². The predicted molar refractivity (Wildman–Crippen MR) is 80.6 cm³/mol. The summed E-state index contributed by atoms with van der Waals surface area (Å²) >= 11 is 3.24. The van der Waals surface area contributed by atoms with E-state index in [2.05, 4.69) is 15.9 Å². The van der Waals surface area contributed by atoms with Gasteiger partial charge < -0.3 is 4.74 Å². The van der Waals surface area contributed by atoms with Gasteiger partial charge in [0.05, 0.1) is 12.4 Å². The number of hydrogen-bond donors (Lipinski definition) is 1. The Morgan fingerprint density at radius 2 is 1.95 bits per heavy atom. The number of benzene rings is 1. The van der Waals surface area contributed by atoms with Gasteiger partial charge in [0.25, 0.3) is 0 Å². The molecule has 0 heterocycles. The summed E-state index contributed by atoms with van der Waals surface area (Å²) in [6.07, 6.45) is 1.16. The number of halogens is 2. The van der Waals surface area contributed by atoms with Crippen molar-refractivity contribution in [3.05, 3.63) is 28.5 Å². The van der Waals surface area contributed by atoms with Crippen LogP contribution >= 0.6 is 15.9 Å². The highest BCUT2D eigenvalue weighted by molar-refractivity contribution is 9.10. The summed E-state index contributed by atoms with van der Waals surface area (Å²) in [7, 11) is -3.61. The van der Waals surface area contributed by atoms with Crippen LogP contribution in [-0.2, 0) is 10.0 Å². The normalized spacial score (nSPS) is 12.4. The molecule has 114 valence electrons. The third-order valence-electron chi connectivity index (χ3n) is 3.43. The largest absolute Gasteiger partial charge is 0.490 e. The van der Waals surface area contributed by atoms with Gasteiger partial charge in [0.1, 0.15) is 0 Å². The summed E-state index contributed by atoms with van der Waals surface area (Å²) in [6, 6.07) is 4.38. The molecule has 7 heteroatoms. The molecule has 0 aliphatic rings. The molecule has 0 aromatic heterocycles. The van der Waals surface area contributed by atoms with Crippen molar-refractivity contribution in [3.63, 3.8) is 0 Å². The molecular weight excluding hydrogens is 349 g/mol. The van der Waals surface area contributed by atoms with Crippen LogP contribution in [0.4, 0.5) is 4.39 Å². The SMILES string of the molecule is CCC(CC)(COc1cc(Br)ccc1F)CS(N)(=O)=O. The Labute approximate surface area is 127 Å². The third kappa shape index (κ3) is 5.03. The highest BCUT2D eigenvalue weighted by Crippen LogP contribution is 2.30. The maximum Gasteiger partial charge on any atom is 0.209 e. The number of primary sulfonamides is 1. The summed E-state index contributed by atoms with van der Waals surface area (Å²) in [5.41, 5.74) is -0.609. The van der Waals surface area contributed by atoms with Crippen molar-refractivity contribution in [1.82, 2.24) is 0 Å². The molecule has 0 bridgehead atoms. The first-order valence-electron chi connectivity index (χ1n) is 6.29. The fourth-order valence-electron chi connectivity index (χ4n) is 1.95. The van der Waals surface area contributed by atoms with E-state index in [4.69, 9.17) is 9.88 Å². The van der Waals surface area contributed by atoms with Gasteiger partial charge in [-0.25, -0.2) is 17.9 Å². The Morgan fingerprint density at radius 3 is 2.45 bits per heavy atom. The Balaban J connectivity index is 2.89. The molecule has 0 unspecified atom stereocenters. The van der Waals surface area contributed by atoms with Crippen LogP contribution in [0.15, 0.2) is 22.7 Å². The lowest BCUT2D eigenvalue weighted by atomic mass is 9.85.